The Bertz CT molecular complexity index is 732. The second kappa shape index (κ2) is 8.20. The Morgan fingerprint density at radius 2 is 1.61 bits per heavy atom. The molecule has 6 nitrogen and oxygen atoms in total. The zero-order chi connectivity index (χ0) is 21.1. The molecule has 7 heteroatoms. The first-order valence-corrected chi connectivity index (χ1v) is 9.30. The van der Waals surface area contributed by atoms with Crippen molar-refractivity contribution in [3.8, 4) is 0 Å². The zero-order valence-corrected chi connectivity index (χ0v) is 17.3. The number of carbonyl (C=O) groups is 2. The molecule has 1 aromatic rings. The highest BCUT2D eigenvalue weighted by Crippen LogP contribution is 2.33. The number of hydrogen-bond acceptors (Lipinski definition) is 4. The second-order valence-corrected chi connectivity index (χ2v) is 8.77. The molecule has 154 valence electrons. The van der Waals surface area contributed by atoms with Crippen molar-refractivity contribution in [3.63, 3.8) is 0 Å². The molecule has 0 spiro atoms. The van der Waals surface area contributed by atoms with E-state index >= 15 is 0 Å². The van der Waals surface area contributed by atoms with Crippen LogP contribution in [-0.2, 0) is 9.47 Å². The van der Waals surface area contributed by atoms with Crippen LogP contribution in [0, 0.1) is 5.82 Å². The highest BCUT2D eigenvalue weighted by molar-refractivity contribution is 5.75. The maximum atomic E-state index is 13.3. The Labute approximate surface area is 165 Å². The number of rotatable bonds is 2. The third-order valence-electron chi connectivity index (χ3n) is 3.92. The van der Waals surface area contributed by atoms with Gasteiger partial charge in [0.2, 0.25) is 0 Å². The van der Waals surface area contributed by atoms with E-state index in [0.717, 1.165) is 5.56 Å². The van der Waals surface area contributed by atoms with E-state index in [4.69, 9.17) is 9.47 Å². The van der Waals surface area contributed by atoms with Crippen LogP contribution >= 0.6 is 0 Å². The van der Waals surface area contributed by atoms with Gasteiger partial charge in [-0.3, -0.25) is 0 Å². The molecular weight excluding hydrogens is 363 g/mol. The van der Waals surface area contributed by atoms with E-state index in [0.29, 0.717) is 6.42 Å². The van der Waals surface area contributed by atoms with Crippen LogP contribution in [0.25, 0.3) is 0 Å². The summed E-state index contributed by atoms with van der Waals surface area (Å²) in [5, 5.41) is 1.17. The Kier molecular flexibility index (Phi) is 6.37. The maximum absolute atomic E-state index is 13.3. The lowest BCUT2D eigenvalue weighted by atomic mass is 9.94. The molecule has 0 unspecified atom stereocenters. The molecule has 1 aliphatic carbocycles. The van der Waals surface area contributed by atoms with Gasteiger partial charge in [-0.2, -0.15) is 0 Å². The van der Waals surface area contributed by atoms with E-state index in [1.165, 1.54) is 17.1 Å². The lowest BCUT2D eigenvalue weighted by Crippen LogP contribution is -2.55. The summed E-state index contributed by atoms with van der Waals surface area (Å²) >= 11 is 0. The molecule has 0 saturated heterocycles. The fraction of sp³-hybridized carbons (Fsp3) is 0.524. The van der Waals surface area contributed by atoms with Crippen LogP contribution in [0.15, 0.2) is 36.4 Å². The number of nitrogens with one attached hydrogen (secondary N) is 1. The number of carbonyl (C=O) groups excluding carboxylic acids is 2. The first-order chi connectivity index (χ1) is 12.9. The lowest BCUT2D eigenvalue weighted by Gasteiger charge is -2.35. The van der Waals surface area contributed by atoms with Gasteiger partial charge in [0.1, 0.15) is 17.0 Å². The van der Waals surface area contributed by atoms with E-state index < -0.39 is 29.4 Å². The summed E-state index contributed by atoms with van der Waals surface area (Å²) in [6.45, 7) is 10.5. The van der Waals surface area contributed by atoms with Crippen molar-refractivity contribution in [1.29, 1.82) is 0 Å². The molecule has 2 rings (SSSR count). The van der Waals surface area contributed by atoms with E-state index in [-0.39, 0.29) is 11.7 Å². The van der Waals surface area contributed by atoms with Gasteiger partial charge in [-0.25, -0.2) is 24.4 Å². The van der Waals surface area contributed by atoms with Gasteiger partial charge in [0.05, 0.1) is 6.04 Å². The fourth-order valence-corrected chi connectivity index (χ4v) is 2.90. The molecule has 2 atom stereocenters. The zero-order valence-electron chi connectivity index (χ0n) is 17.3. The average molecular weight is 392 g/mol. The monoisotopic (exact) mass is 392 g/mol. The first-order valence-electron chi connectivity index (χ1n) is 9.30. The van der Waals surface area contributed by atoms with Gasteiger partial charge in [-0.05, 0) is 65.7 Å². The number of amides is 2. The van der Waals surface area contributed by atoms with Gasteiger partial charge in [-0.1, -0.05) is 24.3 Å². The third-order valence-corrected chi connectivity index (χ3v) is 3.92. The Morgan fingerprint density at radius 1 is 1.04 bits per heavy atom. The van der Waals surface area contributed by atoms with Crippen LogP contribution in [0.4, 0.5) is 14.0 Å². The molecule has 1 aliphatic rings. The summed E-state index contributed by atoms with van der Waals surface area (Å²) in [6, 6.07) is 5.66. The molecule has 0 fully saturated rings. The standard InChI is InChI=1S/C21H29FN2O4/c1-20(2,3)27-18(25)23-24(19(26)28-21(4,5)6)17-9-7-8-16(17)14-10-12-15(22)13-11-14/h7-8,10-13,16-17H,9H2,1-6H3,(H,23,25)/t16-,17+/m0/s1. The van der Waals surface area contributed by atoms with Crippen LogP contribution in [0.5, 0.6) is 0 Å². The summed E-state index contributed by atoms with van der Waals surface area (Å²) in [4.78, 5) is 25.2. The van der Waals surface area contributed by atoms with Crippen LogP contribution in [0.1, 0.15) is 59.4 Å². The Hall–Kier alpha value is -2.57. The molecule has 0 saturated carbocycles. The van der Waals surface area contributed by atoms with Crippen molar-refractivity contribution in [2.75, 3.05) is 0 Å². The SMILES string of the molecule is CC(C)(C)OC(=O)NN(C(=O)OC(C)(C)C)[C@@H]1CC=C[C@H]1c1ccc(F)cc1. The van der Waals surface area contributed by atoms with Gasteiger partial charge < -0.3 is 9.47 Å². The van der Waals surface area contributed by atoms with E-state index in [1.807, 2.05) is 12.2 Å². The van der Waals surface area contributed by atoms with Crippen LogP contribution in [-0.4, -0.2) is 34.4 Å². The van der Waals surface area contributed by atoms with Gasteiger partial charge in [0.15, 0.2) is 0 Å². The minimum Gasteiger partial charge on any atom is -0.443 e. The topological polar surface area (TPSA) is 67.9 Å². The normalized spacial score (nSPS) is 19.2. The number of hydrogen-bond donors (Lipinski definition) is 1. The Balaban J connectivity index is 2.27. The summed E-state index contributed by atoms with van der Waals surface area (Å²) in [7, 11) is 0. The van der Waals surface area contributed by atoms with Gasteiger partial charge in [0, 0.05) is 5.92 Å². The number of halogens is 1. The maximum Gasteiger partial charge on any atom is 0.429 e. The predicted molar refractivity (Wildman–Crippen MR) is 104 cm³/mol. The van der Waals surface area contributed by atoms with Crippen LogP contribution < -0.4 is 5.43 Å². The lowest BCUT2D eigenvalue weighted by molar-refractivity contribution is -0.00999. The van der Waals surface area contributed by atoms with Crippen molar-refractivity contribution in [2.24, 2.45) is 0 Å². The van der Waals surface area contributed by atoms with Crippen LogP contribution in [0.3, 0.4) is 0 Å². The molecule has 0 heterocycles. The Morgan fingerprint density at radius 3 is 2.14 bits per heavy atom. The number of nitrogens with zero attached hydrogens (tertiary/aromatic N) is 1. The van der Waals surface area contributed by atoms with Crippen molar-refractivity contribution < 1.29 is 23.5 Å². The number of ether oxygens (including phenoxy) is 2. The van der Waals surface area contributed by atoms with Crippen molar-refractivity contribution in [2.45, 2.75) is 71.1 Å². The molecular formula is C21H29FN2O4. The summed E-state index contributed by atoms with van der Waals surface area (Å²) < 4.78 is 24.1. The summed E-state index contributed by atoms with van der Waals surface area (Å²) in [6.07, 6.45) is 2.94. The fourth-order valence-electron chi connectivity index (χ4n) is 2.90. The van der Waals surface area contributed by atoms with E-state index in [2.05, 4.69) is 5.43 Å². The molecule has 0 radical (unpaired) electrons. The molecule has 1 N–H and O–H groups in total. The van der Waals surface area contributed by atoms with Crippen molar-refractivity contribution in [1.82, 2.24) is 10.4 Å². The first kappa shape index (κ1) is 21.7. The van der Waals surface area contributed by atoms with Crippen LogP contribution in [0.2, 0.25) is 0 Å². The predicted octanol–water partition coefficient (Wildman–Crippen LogP) is 4.91. The smallest absolute Gasteiger partial charge is 0.429 e. The largest absolute Gasteiger partial charge is 0.443 e. The van der Waals surface area contributed by atoms with E-state index in [1.54, 1.807) is 53.7 Å². The van der Waals surface area contributed by atoms with Gasteiger partial charge in [0.25, 0.3) is 0 Å². The quantitative estimate of drug-likeness (QED) is 0.573. The molecule has 0 bridgehead atoms. The van der Waals surface area contributed by atoms with E-state index in [9.17, 15) is 14.0 Å². The molecule has 2 amide bonds. The molecule has 1 aromatic carbocycles. The minimum atomic E-state index is -0.747. The van der Waals surface area contributed by atoms with Crippen molar-refractivity contribution in [3.05, 3.63) is 47.8 Å². The second-order valence-electron chi connectivity index (χ2n) is 8.77. The number of benzene rings is 1. The highest BCUT2D eigenvalue weighted by Gasteiger charge is 2.37. The summed E-state index contributed by atoms with van der Waals surface area (Å²) in [5.74, 6) is -0.554. The molecule has 28 heavy (non-hydrogen) atoms. The molecule has 0 aliphatic heterocycles. The number of hydrazine groups is 1. The minimum absolute atomic E-state index is 0.219. The third kappa shape index (κ3) is 6.25. The van der Waals surface area contributed by atoms with Gasteiger partial charge in [-0.15, -0.1) is 0 Å². The molecule has 0 aromatic heterocycles. The van der Waals surface area contributed by atoms with Gasteiger partial charge >= 0.3 is 12.2 Å². The summed E-state index contributed by atoms with van der Waals surface area (Å²) in [5.41, 5.74) is 1.92. The highest BCUT2D eigenvalue weighted by atomic mass is 19.1. The average Bonchev–Trinajstić information content (AvgIpc) is 2.99. The van der Waals surface area contributed by atoms with Crippen molar-refractivity contribution >= 4 is 12.2 Å².